The first-order chi connectivity index (χ1) is 24.7. The van der Waals surface area contributed by atoms with Crippen molar-refractivity contribution in [1.29, 1.82) is 0 Å². The summed E-state index contributed by atoms with van der Waals surface area (Å²) in [4.78, 5) is 0. The van der Waals surface area contributed by atoms with Crippen molar-refractivity contribution in [1.82, 2.24) is 4.57 Å². The Bertz CT molecular complexity index is 2580. The Morgan fingerprint density at radius 2 is 1.02 bits per heavy atom. The van der Waals surface area contributed by atoms with Gasteiger partial charge in [0, 0.05) is 16.5 Å². The third-order valence-electron chi connectivity index (χ3n) is 9.97. The maximum Gasteiger partial charge on any atom is 0.0541 e. The minimum atomic E-state index is 0.875. The minimum absolute atomic E-state index is 0.875. The van der Waals surface area contributed by atoms with Crippen LogP contribution in [-0.4, -0.2) is 4.57 Å². The highest BCUT2D eigenvalue weighted by molar-refractivity contribution is 6.09. The van der Waals surface area contributed by atoms with Gasteiger partial charge in [0.1, 0.15) is 0 Å². The van der Waals surface area contributed by atoms with Gasteiger partial charge in [-0.05, 0) is 110 Å². The van der Waals surface area contributed by atoms with Crippen molar-refractivity contribution in [2.75, 3.05) is 0 Å². The molecule has 0 bridgehead atoms. The fraction of sp³-hybridized carbons (Fsp3) is 0.0204. The van der Waals surface area contributed by atoms with Crippen LogP contribution in [0.2, 0.25) is 0 Å². The molecule has 1 heterocycles. The topological polar surface area (TPSA) is 4.93 Å². The molecule has 236 valence electrons. The molecule has 1 nitrogen and oxygen atoms in total. The van der Waals surface area contributed by atoms with Crippen LogP contribution >= 0.6 is 0 Å². The van der Waals surface area contributed by atoms with Gasteiger partial charge in [-0.25, -0.2) is 0 Å². The van der Waals surface area contributed by atoms with Crippen molar-refractivity contribution < 1.29 is 0 Å². The number of fused-ring (bicyclic) bond motifs is 6. The summed E-state index contributed by atoms with van der Waals surface area (Å²) in [5, 5.41) is 2.54. The van der Waals surface area contributed by atoms with E-state index in [-0.39, 0.29) is 0 Å². The van der Waals surface area contributed by atoms with Crippen LogP contribution in [0.4, 0.5) is 0 Å². The molecule has 0 saturated heterocycles. The predicted molar refractivity (Wildman–Crippen MR) is 214 cm³/mol. The van der Waals surface area contributed by atoms with E-state index in [1.54, 1.807) is 0 Å². The molecule has 1 aliphatic carbocycles. The summed E-state index contributed by atoms with van der Waals surface area (Å²) in [5.41, 5.74) is 16.6. The molecule has 0 unspecified atom stereocenters. The number of benzene rings is 7. The number of para-hydroxylation sites is 2. The normalized spacial score (nSPS) is 13.9. The molecule has 7 aromatic carbocycles. The standard InChI is InChI=1S/C49H35N/c1-34-16-4-2-5-17-35-20-8-9-25-41(35)47-33-46(45(32-44(34)47)36-18-6-3-7-19-36)39-23-14-21-37(30-39)38-22-15-24-40(31-38)50-48-28-12-10-26-42(48)43-27-11-13-29-49(43)50/h2-16,18-33H,1,17H2/b5-2-,16-4-. The molecule has 0 N–H and O–H groups in total. The van der Waals surface area contributed by atoms with Gasteiger partial charge in [0.05, 0.1) is 11.0 Å². The van der Waals surface area contributed by atoms with Gasteiger partial charge in [-0.15, -0.1) is 0 Å². The highest BCUT2D eigenvalue weighted by Crippen LogP contribution is 2.43. The minimum Gasteiger partial charge on any atom is -0.309 e. The summed E-state index contributed by atoms with van der Waals surface area (Å²) in [6, 6.07) is 59.6. The van der Waals surface area contributed by atoms with Gasteiger partial charge >= 0.3 is 0 Å². The summed E-state index contributed by atoms with van der Waals surface area (Å²) in [7, 11) is 0. The van der Waals surface area contributed by atoms with Gasteiger partial charge in [0.25, 0.3) is 0 Å². The molecule has 9 rings (SSSR count). The second-order valence-corrected chi connectivity index (χ2v) is 13.0. The Morgan fingerprint density at radius 3 is 1.82 bits per heavy atom. The highest BCUT2D eigenvalue weighted by atomic mass is 15.0. The largest absolute Gasteiger partial charge is 0.309 e. The van der Waals surface area contributed by atoms with Gasteiger partial charge in [-0.3, -0.25) is 0 Å². The molecular formula is C49H35N. The zero-order chi connectivity index (χ0) is 33.4. The number of allylic oxidation sites excluding steroid dienone is 5. The van der Waals surface area contributed by atoms with E-state index in [1.807, 2.05) is 0 Å². The maximum atomic E-state index is 4.54. The number of rotatable bonds is 4. The fourth-order valence-corrected chi connectivity index (χ4v) is 7.57. The fourth-order valence-electron chi connectivity index (χ4n) is 7.57. The van der Waals surface area contributed by atoms with Crippen LogP contribution in [0.5, 0.6) is 0 Å². The van der Waals surface area contributed by atoms with E-state index in [2.05, 4.69) is 199 Å². The van der Waals surface area contributed by atoms with Crippen LogP contribution in [0, 0.1) is 0 Å². The third-order valence-corrected chi connectivity index (χ3v) is 9.97. The van der Waals surface area contributed by atoms with Crippen LogP contribution in [0.25, 0.3) is 77.6 Å². The number of nitrogens with zero attached hydrogens (tertiary/aromatic N) is 1. The van der Waals surface area contributed by atoms with Gasteiger partial charge in [-0.2, -0.15) is 0 Å². The van der Waals surface area contributed by atoms with Gasteiger partial charge in [0.15, 0.2) is 0 Å². The Kier molecular flexibility index (Phi) is 7.44. The monoisotopic (exact) mass is 637 g/mol. The predicted octanol–water partition coefficient (Wildman–Crippen LogP) is 13.1. The molecule has 50 heavy (non-hydrogen) atoms. The van der Waals surface area contributed by atoms with Crippen LogP contribution in [0.3, 0.4) is 0 Å². The van der Waals surface area contributed by atoms with E-state index in [0.717, 1.165) is 23.2 Å². The van der Waals surface area contributed by atoms with Crippen molar-refractivity contribution in [3.05, 3.63) is 206 Å². The SMILES string of the molecule is C=C1/C=C\C=C/Cc2ccccc2-c2cc(-c3cccc(-c4cccc(-n5c6ccccc6c6ccccc65)c4)c3)c(-c3ccccc3)cc21. The van der Waals surface area contributed by atoms with Gasteiger partial charge < -0.3 is 4.57 Å². The molecule has 0 saturated carbocycles. The van der Waals surface area contributed by atoms with Gasteiger partial charge in [-0.1, -0.05) is 152 Å². The summed E-state index contributed by atoms with van der Waals surface area (Å²) >= 11 is 0. The molecule has 1 heteroatoms. The number of aromatic nitrogens is 1. The molecule has 0 atom stereocenters. The molecule has 0 aliphatic heterocycles. The van der Waals surface area contributed by atoms with Crippen molar-refractivity contribution in [2.24, 2.45) is 0 Å². The molecule has 1 aromatic heterocycles. The molecule has 0 amide bonds. The molecular weight excluding hydrogens is 603 g/mol. The lowest BCUT2D eigenvalue weighted by Gasteiger charge is -2.20. The Balaban J connectivity index is 1.23. The van der Waals surface area contributed by atoms with E-state index in [1.165, 1.54) is 71.9 Å². The average molecular weight is 638 g/mol. The summed E-state index contributed by atoms with van der Waals surface area (Å²) in [6.07, 6.45) is 9.46. The Morgan fingerprint density at radius 1 is 0.420 bits per heavy atom. The molecule has 8 aromatic rings. The Labute approximate surface area is 293 Å². The van der Waals surface area contributed by atoms with Crippen molar-refractivity contribution >= 4 is 27.4 Å². The first-order valence-corrected chi connectivity index (χ1v) is 17.3. The second kappa shape index (κ2) is 12.5. The van der Waals surface area contributed by atoms with Crippen LogP contribution in [-0.2, 0) is 6.42 Å². The first kappa shape index (κ1) is 29.7. The summed E-state index contributed by atoms with van der Waals surface area (Å²) < 4.78 is 2.39. The van der Waals surface area contributed by atoms with E-state index >= 15 is 0 Å². The maximum absolute atomic E-state index is 4.54. The molecule has 0 radical (unpaired) electrons. The quantitative estimate of drug-likeness (QED) is 0.181. The van der Waals surface area contributed by atoms with Crippen molar-refractivity contribution in [3.8, 4) is 50.2 Å². The number of hydrogen-bond acceptors (Lipinski definition) is 0. The number of hydrogen-bond donors (Lipinski definition) is 0. The van der Waals surface area contributed by atoms with Crippen LogP contribution in [0.15, 0.2) is 195 Å². The smallest absolute Gasteiger partial charge is 0.0541 e. The lowest BCUT2D eigenvalue weighted by atomic mass is 9.83. The average Bonchev–Trinajstić information content (AvgIpc) is 3.52. The molecule has 0 fully saturated rings. The zero-order valence-corrected chi connectivity index (χ0v) is 27.8. The molecule has 1 aliphatic rings. The first-order valence-electron chi connectivity index (χ1n) is 17.3. The van der Waals surface area contributed by atoms with Crippen molar-refractivity contribution in [2.45, 2.75) is 6.42 Å². The molecule has 0 spiro atoms. The highest BCUT2D eigenvalue weighted by Gasteiger charge is 2.18. The van der Waals surface area contributed by atoms with E-state index in [9.17, 15) is 0 Å². The van der Waals surface area contributed by atoms with Crippen molar-refractivity contribution in [3.63, 3.8) is 0 Å². The second-order valence-electron chi connectivity index (χ2n) is 13.0. The summed E-state index contributed by atoms with van der Waals surface area (Å²) in [6.45, 7) is 4.54. The lowest BCUT2D eigenvalue weighted by molar-refractivity contribution is 1.18. The summed E-state index contributed by atoms with van der Waals surface area (Å²) in [5.74, 6) is 0. The third kappa shape index (κ3) is 5.21. The van der Waals surface area contributed by atoms with Crippen LogP contribution < -0.4 is 0 Å². The van der Waals surface area contributed by atoms with E-state index < -0.39 is 0 Å². The lowest BCUT2D eigenvalue weighted by Crippen LogP contribution is -1.97. The van der Waals surface area contributed by atoms with E-state index in [4.69, 9.17) is 0 Å². The van der Waals surface area contributed by atoms with E-state index in [0.29, 0.717) is 0 Å². The van der Waals surface area contributed by atoms with Gasteiger partial charge in [0.2, 0.25) is 0 Å². The Hall–Kier alpha value is -6.44. The van der Waals surface area contributed by atoms with Crippen LogP contribution in [0.1, 0.15) is 11.1 Å². The zero-order valence-electron chi connectivity index (χ0n) is 27.8.